The number of hydrogen-bond acceptors (Lipinski definition) is 2. The first-order valence-corrected chi connectivity index (χ1v) is 5.86. The Kier molecular flexibility index (Phi) is 4.04. The van der Waals surface area contributed by atoms with E-state index >= 15 is 0 Å². The van der Waals surface area contributed by atoms with Crippen LogP contribution in [0.4, 0.5) is 5.69 Å². The van der Waals surface area contributed by atoms with Crippen LogP contribution in [0.25, 0.3) is 0 Å². The second kappa shape index (κ2) is 4.96. The van der Waals surface area contributed by atoms with Gasteiger partial charge >= 0.3 is 5.97 Å². The van der Waals surface area contributed by atoms with E-state index in [1.807, 2.05) is 26.8 Å². The van der Waals surface area contributed by atoms with Crippen LogP contribution in [0.3, 0.4) is 0 Å². The van der Waals surface area contributed by atoms with Gasteiger partial charge in [0.25, 0.3) is 0 Å². The highest BCUT2D eigenvalue weighted by Crippen LogP contribution is 2.30. The highest BCUT2D eigenvalue weighted by molar-refractivity contribution is 6.33. The topological polar surface area (TPSA) is 63.3 Å². The number of carboxylic acids is 1. The number of halogens is 1. The van der Waals surface area contributed by atoms with Crippen molar-refractivity contribution < 1.29 is 9.90 Å². The second-order valence-corrected chi connectivity index (χ2v) is 5.72. The van der Waals surface area contributed by atoms with Crippen LogP contribution < -0.4 is 5.73 Å². The molecule has 1 rings (SSSR count). The summed E-state index contributed by atoms with van der Waals surface area (Å²) in [5.41, 5.74) is 6.80. The van der Waals surface area contributed by atoms with Crippen molar-refractivity contribution in [2.45, 2.75) is 27.2 Å². The van der Waals surface area contributed by atoms with Gasteiger partial charge in [0.15, 0.2) is 0 Å². The molecular formula is C13H18ClNO2. The summed E-state index contributed by atoms with van der Waals surface area (Å²) in [6.45, 7) is 5.77. The van der Waals surface area contributed by atoms with E-state index in [1.54, 1.807) is 12.1 Å². The zero-order valence-corrected chi connectivity index (χ0v) is 11.1. The number of anilines is 1. The van der Waals surface area contributed by atoms with Gasteiger partial charge in [0.1, 0.15) is 0 Å². The quantitative estimate of drug-likeness (QED) is 0.816. The van der Waals surface area contributed by atoms with Crippen molar-refractivity contribution in [2.75, 3.05) is 5.73 Å². The Morgan fingerprint density at radius 3 is 2.47 bits per heavy atom. The van der Waals surface area contributed by atoms with Gasteiger partial charge in [-0.2, -0.15) is 0 Å². The van der Waals surface area contributed by atoms with Crippen molar-refractivity contribution in [3.8, 4) is 0 Å². The van der Waals surface area contributed by atoms with Gasteiger partial charge in [-0.15, -0.1) is 0 Å². The molecule has 4 heteroatoms. The van der Waals surface area contributed by atoms with Crippen molar-refractivity contribution in [3.05, 3.63) is 28.8 Å². The minimum Gasteiger partial charge on any atom is -0.481 e. The molecule has 0 fully saturated rings. The first-order chi connectivity index (χ1) is 7.71. The molecule has 0 bridgehead atoms. The van der Waals surface area contributed by atoms with Crippen molar-refractivity contribution >= 4 is 23.3 Å². The average molecular weight is 256 g/mol. The molecule has 17 heavy (non-hydrogen) atoms. The van der Waals surface area contributed by atoms with Gasteiger partial charge in [0.05, 0.1) is 16.6 Å². The van der Waals surface area contributed by atoms with Gasteiger partial charge in [-0.25, -0.2) is 0 Å². The average Bonchev–Trinajstić information content (AvgIpc) is 2.17. The first kappa shape index (κ1) is 13.8. The monoisotopic (exact) mass is 255 g/mol. The Morgan fingerprint density at radius 2 is 2.06 bits per heavy atom. The summed E-state index contributed by atoms with van der Waals surface area (Å²) >= 11 is 5.83. The van der Waals surface area contributed by atoms with Gasteiger partial charge in [0, 0.05) is 0 Å². The fourth-order valence-electron chi connectivity index (χ4n) is 1.72. The van der Waals surface area contributed by atoms with Crippen LogP contribution >= 0.6 is 11.6 Å². The summed E-state index contributed by atoms with van der Waals surface area (Å²) in [6, 6.07) is 5.26. The van der Waals surface area contributed by atoms with Crippen LogP contribution in [0, 0.1) is 11.3 Å². The predicted octanol–water partition coefficient (Wildman–Crippen LogP) is 3.21. The van der Waals surface area contributed by atoms with Gasteiger partial charge < -0.3 is 10.8 Å². The molecule has 0 aliphatic carbocycles. The standard InChI is InChI=1S/C13H18ClNO2/c1-13(2,3)9(12(16)17)6-8-4-5-10(14)11(15)7-8/h4-5,7,9H,6,15H2,1-3H3,(H,16,17). The maximum absolute atomic E-state index is 11.2. The Morgan fingerprint density at radius 1 is 1.47 bits per heavy atom. The molecule has 0 amide bonds. The molecule has 1 unspecified atom stereocenters. The summed E-state index contributed by atoms with van der Waals surface area (Å²) in [4.78, 5) is 11.2. The Labute approximate surface area is 107 Å². The van der Waals surface area contributed by atoms with Gasteiger partial charge in [-0.1, -0.05) is 38.4 Å². The van der Waals surface area contributed by atoms with E-state index < -0.39 is 11.9 Å². The number of benzene rings is 1. The highest BCUT2D eigenvalue weighted by atomic mass is 35.5. The van der Waals surface area contributed by atoms with E-state index in [9.17, 15) is 9.90 Å². The molecule has 1 aromatic carbocycles. The fourth-order valence-corrected chi connectivity index (χ4v) is 1.84. The van der Waals surface area contributed by atoms with Crippen molar-refractivity contribution in [1.82, 2.24) is 0 Å². The summed E-state index contributed by atoms with van der Waals surface area (Å²) in [6.07, 6.45) is 0.459. The molecule has 3 nitrogen and oxygen atoms in total. The predicted molar refractivity (Wildman–Crippen MR) is 70.1 cm³/mol. The Hall–Kier alpha value is -1.22. The molecule has 0 aromatic heterocycles. The maximum atomic E-state index is 11.2. The van der Waals surface area contributed by atoms with Crippen LogP contribution in [0.1, 0.15) is 26.3 Å². The van der Waals surface area contributed by atoms with Gasteiger partial charge in [-0.05, 0) is 29.5 Å². The summed E-state index contributed by atoms with van der Waals surface area (Å²) in [5, 5.41) is 9.73. The molecule has 3 N–H and O–H groups in total. The normalized spacial score (nSPS) is 13.4. The van der Waals surface area contributed by atoms with E-state index in [4.69, 9.17) is 17.3 Å². The number of nitrogens with two attached hydrogens (primary N) is 1. The fraction of sp³-hybridized carbons (Fsp3) is 0.462. The summed E-state index contributed by atoms with van der Waals surface area (Å²) < 4.78 is 0. The number of carbonyl (C=O) groups is 1. The molecule has 1 aromatic rings. The first-order valence-electron chi connectivity index (χ1n) is 5.48. The van der Waals surface area contributed by atoms with Crippen molar-refractivity contribution in [2.24, 2.45) is 11.3 Å². The second-order valence-electron chi connectivity index (χ2n) is 5.32. The lowest BCUT2D eigenvalue weighted by Crippen LogP contribution is -2.30. The zero-order chi connectivity index (χ0) is 13.2. The number of carboxylic acid groups (broad SMARTS) is 1. The Balaban J connectivity index is 2.95. The van der Waals surface area contributed by atoms with Crippen molar-refractivity contribution in [1.29, 1.82) is 0 Å². The van der Waals surface area contributed by atoms with Crippen LogP contribution in [0.5, 0.6) is 0 Å². The number of nitrogen functional groups attached to an aromatic ring is 1. The lowest BCUT2D eigenvalue weighted by atomic mass is 9.77. The molecule has 0 aliphatic heterocycles. The molecular weight excluding hydrogens is 238 g/mol. The smallest absolute Gasteiger partial charge is 0.307 e. The third kappa shape index (κ3) is 3.63. The largest absolute Gasteiger partial charge is 0.481 e. The lowest BCUT2D eigenvalue weighted by Gasteiger charge is -2.27. The van der Waals surface area contributed by atoms with Crippen LogP contribution in [0.2, 0.25) is 5.02 Å². The molecule has 0 saturated heterocycles. The number of rotatable bonds is 3. The highest BCUT2D eigenvalue weighted by Gasteiger charge is 2.31. The Bertz CT molecular complexity index is 424. The minimum atomic E-state index is -0.786. The molecule has 0 aliphatic rings. The van der Waals surface area contributed by atoms with E-state index in [0.29, 0.717) is 17.1 Å². The lowest BCUT2D eigenvalue weighted by molar-refractivity contribution is -0.145. The summed E-state index contributed by atoms with van der Waals surface area (Å²) in [5.74, 6) is -1.23. The molecule has 0 saturated carbocycles. The van der Waals surface area contributed by atoms with Crippen LogP contribution in [-0.4, -0.2) is 11.1 Å². The maximum Gasteiger partial charge on any atom is 0.307 e. The molecule has 0 radical (unpaired) electrons. The minimum absolute atomic E-state index is 0.291. The molecule has 1 atom stereocenters. The van der Waals surface area contributed by atoms with E-state index in [1.165, 1.54) is 0 Å². The molecule has 94 valence electrons. The van der Waals surface area contributed by atoms with Crippen LogP contribution in [-0.2, 0) is 11.2 Å². The van der Waals surface area contributed by atoms with E-state index in [-0.39, 0.29) is 5.41 Å². The zero-order valence-electron chi connectivity index (χ0n) is 10.3. The van der Waals surface area contributed by atoms with E-state index in [0.717, 1.165) is 5.56 Å². The van der Waals surface area contributed by atoms with Gasteiger partial charge in [0.2, 0.25) is 0 Å². The number of aliphatic carboxylic acids is 1. The number of hydrogen-bond donors (Lipinski definition) is 2. The SMILES string of the molecule is CC(C)(C)C(Cc1ccc(Cl)c(N)c1)C(=O)O. The van der Waals surface area contributed by atoms with Crippen molar-refractivity contribution in [3.63, 3.8) is 0 Å². The van der Waals surface area contributed by atoms with Crippen LogP contribution in [0.15, 0.2) is 18.2 Å². The molecule has 0 heterocycles. The third-order valence-corrected chi connectivity index (χ3v) is 3.19. The summed E-state index contributed by atoms with van der Waals surface area (Å²) in [7, 11) is 0. The molecule has 0 spiro atoms. The third-order valence-electron chi connectivity index (χ3n) is 2.84. The van der Waals surface area contributed by atoms with Gasteiger partial charge in [-0.3, -0.25) is 4.79 Å². The van der Waals surface area contributed by atoms with E-state index in [2.05, 4.69) is 0 Å².